The van der Waals surface area contributed by atoms with Gasteiger partial charge in [0, 0.05) is 43.7 Å². The lowest BCUT2D eigenvalue weighted by atomic mass is 9.82. The van der Waals surface area contributed by atoms with E-state index in [1.807, 2.05) is 37.6 Å². The van der Waals surface area contributed by atoms with Crippen LogP contribution < -0.4 is 16.1 Å². The topological polar surface area (TPSA) is 123 Å². The fourth-order valence-corrected chi connectivity index (χ4v) is 4.44. The van der Waals surface area contributed by atoms with Crippen LogP contribution in [0.25, 0.3) is 22.4 Å². The summed E-state index contributed by atoms with van der Waals surface area (Å²) >= 11 is 0. The maximum absolute atomic E-state index is 11.4. The van der Waals surface area contributed by atoms with Gasteiger partial charge in [0.15, 0.2) is 11.5 Å². The second-order valence-corrected chi connectivity index (χ2v) is 8.67. The minimum atomic E-state index is -0.171. The lowest BCUT2D eigenvalue weighted by Crippen LogP contribution is -2.48. The molecule has 0 saturated heterocycles. The molecule has 1 saturated carbocycles. The third-order valence-electron chi connectivity index (χ3n) is 6.11. The molecule has 4 heterocycles. The lowest BCUT2D eigenvalue weighted by molar-refractivity contribution is -0.121. The summed E-state index contributed by atoms with van der Waals surface area (Å²) in [6, 6.07) is 5.82. The second-order valence-electron chi connectivity index (χ2n) is 8.67. The highest BCUT2D eigenvalue weighted by molar-refractivity contribution is 5.87. The van der Waals surface area contributed by atoms with Gasteiger partial charge in [0.2, 0.25) is 5.91 Å². The van der Waals surface area contributed by atoms with Gasteiger partial charge in [0.1, 0.15) is 5.52 Å². The average Bonchev–Trinajstić information content (AvgIpc) is 3.44. The number of imidazole rings is 1. The Bertz CT molecular complexity index is 1300. The Balaban J connectivity index is 1.33. The molecular formula is C22H27N9O2. The molecule has 0 unspecified atom stereocenters. The first kappa shape index (κ1) is 21.1. The van der Waals surface area contributed by atoms with Gasteiger partial charge >= 0.3 is 0 Å². The summed E-state index contributed by atoms with van der Waals surface area (Å²) in [5.74, 6) is 1.02. The van der Waals surface area contributed by atoms with E-state index >= 15 is 0 Å². The summed E-state index contributed by atoms with van der Waals surface area (Å²) in [5.41, 5.74) is 6.06. The first-order valence-electron chi connectivity index (χ1n) is 11.0. The minimum absolute atomic E-state index is 0.00234. The van der Waals surface area contributed by atoms with Gasteiger partial charge in [-0.05, 0) is 50.8 Å². The molecule has 1 aliphatic rings. The minimum Gasteiger partial charge on any atom is -0.371 e. The number of aromatic nitrogens is 6. The molecule has 4 aromatic heterocycles. The first-order valence-corrected chi connectivity index (χ1v) is 11.0. The van der Waals surface area contributed by atoms with E-state index in [9.17, 15) is 4.79 Å². The van der Waals surface area contributed by atoms with E-state index in [0.717, 1.165) is 48.1 Å². The smallest absolute Gasteiger partial charge is 0.266 e. The maximum Gasteiger partial charge on any atom is 0.266 e. The highest BCUT2D eigenvalue weighted by Gasteiger charge is 2.32. The fraction of sp³-hybridized carbons (Fsp3) is 0.409. The normalized spacial score (nSPS) is 20.8. The van der Waals surface area contributed by atoms with E-state index in [0.29, 0.717) is 11.8 Å². The number of hydrogen-bond acceptors (Lipinski definition) is 8. The Morgan fingerprint density at radius 2 is 1.97 bits per heavy atom. The van der Waals surface area contributed by atoms with Crippen molar-refractivity contribution in [3.8, 4) is 11.3 Å². The molecule has 1 aliphatic carbocycles. The van der Waals surface area contributed by atoms with Crippen LogP contribution in [0.15, 0.2) is 36.8 Å². The number of hydrogen-bond donors (Lipinski definition) is 3. The lowest BCUT2D eigenvalue weighted by Gasteiger charge is -2.37. The van der Waals surface area contributed by atoms with Crippen LogP contribution >= 0.6 is 0 Å². The van der Waals surface area contributed by atoms with Gasteiger partial charge in [0.05, 0.1) is 11.8 Å². The van der Waals surface area contributed by atoms with Crippen molar-refractivity contribution in [1.82, 2.24) is 34.5 Å². The van der Waals surface area contributed by atoms with Crippen LogP contribution in [0.2, 0.25) is 0 Å². The predicted octanol–water partition coefficient (Wildman–Crippen LogP) is 2.66. The molecular weight excluding hydrogens is 422 g/mol. The molecule has 3 N–H and O–H groups in total. The largest absolute Gasteiger partial charge is 0.371 e. The molecule has 11 nitrogen and oxygen atoms in total. The molecule has 4 aromatic rings. The molecule has 1 fully saturated rings. The van der Waals surface area contributed by atoms with Crippen molar-refractivity contribution in [2.24, 2.45) is 0 Å². The Hall–Kier alpha value is -3.73. The van der Waals surface area contributed by atoms with E-state index in [2.05, 4.69) is 43.2 Å². The highest BCUT2D eigenvalue weighted by atomic mass is 16.7. The van der Waals surface area contributed by atoms with Crippen LogP contribution in [0, 0.1) is 0 Å². The summed E-state index contributed by atoms with van der Waals surface area (Å²) in [6.45, 7) is 3.64. The number of rotatable bonds is 6. The Kier molecular flexibility index (Phi) is 5.33. The van der Waals surface area contributed by atoms with Crippen molar-refractivity contribution in [3.63, 3.8) is 0 Å². The molecule has 0 radical (unpaired) electrons. The zero-order valence-electron chi connectivity index (χ0n) is 18.9. The maximum atomic E-state index is 11.4. The van der Waals surface area contributed by atoms with Gasteiger partial charge in [-0.3, -0.25) is 9.63 Å². The monoisotopic (exact) mass is 449 g/mol. The number of carbonyl (C=O) groups excluding carboxylic acids is 1. The van der Waals surface area contributed by atoms with Crippen molar-refractivity contribution in [2.45, 2.75) is 51.2 Å². The predicted molar refractivity (Wildman–Crippen MR) is 124 cm³/mol. The zero-order valence-corrected chi connectivity index (χ0v) is 18.9. The van der Waals surface area contributed by atoms with Crippen LogP contribution in [0.3, 0.4) is 0 Å². The molecule has 1 amide bonds. The standard InChI is InChI=1S/C22H27N9O2/c1-14(32)26-22(2)9-6-15(7-10-22)33-29-21-25-20(23-3)19-16(8-12-31(19)28-21)17-4-5-18-24-11-13-30(18)27-17/h4-5,8,11-13,15H,6-7,9-10H2,1-3H3,(H,26,32)(H2,23,25,28,29). The van der Waals surface area contributed by atoms with Gasteiger partial charge in [-0.25, -0.2) is 19.5 Å². The van der Waals surface area contributed by atoms with E-state index < -0.39 is 0 Å². The molecule has 0 aliphatic heterocycles. The fourth-order valence-electron chi connectivity index (χ4n) is 4.44. The van der Waals surface area contributed by atoms with Gasteiger partial charge in [-0.1, -0.05) is 0 Å². The van der Waals surface area contributed by atoms with Crippen LogP contribution in [0.4, 0.5) is 11.8 Å². The van der Waals surface area contributed by atoms with E-state index in [1.54, 1.807) is 22.2 Å². The summed E-state index contributed by atoms with van der Waals surface area (Å²) in [5, 5.41) is 15.4. The third-order valence-corrected chi connectivity index (χ3v) is 6.11. The third kappa shape index (κ3) is 4.19. The highest BCUT2D eigenvalue weighted by Crippen LogP contribution is 2.31. The Morgan fingerprint density at radius 1 is 1.15 bits per heavy atom. The van der Waals surface area contributed by atoms with Crippen LogP contribution in [0.5, 0.6) is 0 Å². The van der Waals surface area contributed by atoms with E-state index in [-0.39, 0.29) is 17.6 Å². The van der Waals surface area contributed by atoms with Crippen LogP contribution in [-0.4, -0.2) is 53.8 Å². The van der Waals surface area contributed by atoms with Crippen molar-refractivity contribution < 1.29 is 9.63 Å². The summed E-state index contributed by atoms with van der Waals surface area (Å²) in [7, 11) is 1.82. The summed E-state index contributed by atoms with van der Waals surface area (Å²) < 4.78 is 3.50. The van der Waals surface area contributed by atoms with Crippen molar-refractivity contribution in [3.05, 3.63) is 36.8 Å². The molecule has 5 rings (SSSR count). The van der Waals surface area contributed by atoms with Gasteiger partial charge < -0.3 is 10.6 Å². The number of amides is 1. The number of nitrogens with one attached hydrogen (secondary N) is 3. The molecule has 0 bridgehead atoms. The Morgan fingerprint density at radius 3 is 2.73 bits per heavy atom. The average molecular weight is 450 g/mol. The van der Waals surface area contributed by atoms with Crippen molar-refractivity contribution >= 4 is 28.8 Å². The molecule has 33 heavy (non-hydrogen) atoms. The van der Waals surface area contributed by atoms with Crippen LogP contribution in [-0.2, 0) is 9.63 Å². The van der Waals surface area contributed by atoms with E-state index in [4.69, 9.17) is 4.84 Å². The van der Waals surface area contributed by atoms with Crippen molar-refractivity contribution in [1.29, 1.82) is 0 Å². The molecule has 11 heteroatoms. The van der Waals surface area contributed by atoms with E-state index in [1.165, 1.54) is 0 Å². The number of anilines is 2. The second kappa shape index (κ2) is 8.32. The number of fused-ring (bicyclic) bond motifs is 2. The van der Waals surface area contributed by atoms with Gasteiger partial charge in [0.25, 0.3) is 5.95 Å². The quantitative estimate of drug-likeness (QED) is 0.384. The zero-order chi connectivity index (χ0) is 23.0. The molecule has 0 spiro atoms. The summed E-state index contributed by atoms with van der Waals surface area (Å²) in [4.78, 5) is 26.2. The summed E-state index contributed by atoms with van der Waals surface area (Å²) in [6.07, 6.45) is 8.81. The molecule has 172 valence electrons. The number of nitrogens with zero attached hydrogens (tertiary/aromatic N) is 6. The van der Waals surface area contributed by atoms with Crippen LogP contribution in [0.1, 0.15) is 39.5 Å². The van der Waals surface area contributed by atoms with Gasteiger partial charge in [-0.15, -0.1) is 5.10 Å². The number of carbonyl (C=O) groups is 1. The van der Waals surface area contributed by atoms with Crippen molar-refractivity contribution in [2.75, 3.05) is 17.8 Å². The SMILES string of the molecule is CNc1nc(NOC2CCC(C)(NC(C)=O)CC2)nn2ccc(-c3ccc4nccn4n3)c12. The Labute approximate surface area is 190 Å². The molecule has 0 atom stereocenters. The first-order chi connectivity index (χ1) is 15.9. The molecule has 0 aromatic carbocycles. The van der Waals surface area contributed by atoms with Gasteiger partial charge in [-0.2, -0.15) is 10.1 Å².